The number of anilines is 2. The molecule has 0 fully saturated rings. The Balaban J connectivity index is 2.62. The van der Waals surface area contributed by atoms with E-state index in [1.165, 1.54) is 16.4 Å². The summed E-state index contributed by atoms with van der Waals surface area (Å²) < 4.78 is 26.8. The Kier molecular flexibility index (Phi) is 4.15. The number of hydrogen-bond donors (Lipinski definition) is 1. The van der Waals surface area contributed by atoms with Gasteiger partial charge in [-0.3, -0.25) is 4.31 Å². The van der Waals surface area contributed by atoms with Crippen molar-refractivity contribution in [3.05, 3.63) is 54.1 Å². The fraction of sp³-hybridized carbons (Fsp3) is 0.133. The summed E-state index contributed by atoms with van der Waals surface area (Å²) in [5.41, 5.74) is 6.77. The molecule has 2 rings (SSSR count). The Morgan fingerprint density at radius 2 is 1.76 bits per heavy atom. The molecule has 2 N–H and O–H groups in total. The van der Waals surface area contributed by atoms with Crippen molar-refractivity contribution in [2.45, 2.75) is 11.8 Å². The molecule has 0 radical (unpaired) electrons. The van der Waals surface area contributed by atoms with Crippen LogP contribution in [0.4, 0.5) is 11.4 Å². The van der Waals surface area contributed by atoms with Crippen LogP contribution in [0.15, 0.2) is 53.4 Å². The van der Waals surface area contributed by atoms with E-state index in [1.807, 2.05) is 6.07 Å². The molecule has 2 aromatic carbocycles. The second-order valence-electron chi connectivity index (χ2n) is 4.34. The topological polar surface area (TPSA) is 87.2 Å². The molecule has 5 nitrogen and oxygen atoms in total. The lowest BCUT2D eigenvalue weighted by molar-refractivity contribution is 0.591. The number of hydrogen-bond acceptors (Lipinski definition) is 4. The molecular formula is C15H15N3O2S. The van der Waals surface area contributed by atoms with Crippen molar-refractivity contribution < 1.29 is 8.42 Å². The van der Waals surface area contributed by atoms with Gasteiger partial charge in [0.05, 0.1) is 16.9 Å². The van der Waals surface area contributed by atoms with Gasteiger partial charge in [0.2, 0.25) is 0 Å². The molecule has 0 spiro atoms. The third kappa shape index (κ3) is 2.69. The minimum absolute atomic E-state index is 0.0161. The van der Waals surface area contributed by atoms with Crippen LogP contribution in [0.2, 0.25) is 0 Å². The second kappa shape index (κ2) is 5.85. The number of sulfonamides is 1. The minimum atomic E-state index is -3.84. The molecule has 0 amide bonds. The van der Waals surface area contributed by atoms with Crippen LogP contribution in [0.3, 0.4) is 0 Å². The molecule has 0 atom stereocenters. The zero-order chi connectivity index (χ0) is 15.5. The quantitative estimate of drug-likeness (QED) is 0.878. The summed E-state index contributed by atoms with van der Waals surface area (Å²) >= 11 is 0. The Hall–Kier alpha value is -2.52. The molecule has 0 aliphatic carbocycles. The number of nitrogens with two attached hydrogens (primary N) is 1. The summed E-state index contributed by atoms with van der Waals surface area (Å²) in [6.45, 7) is 1.94. The fourth-order valence-corrected chi connectivity index (χ4v) is 3.73. The van der Waals surface area contributed by atoms with E-state index >= 15 is 0 Å². The molecule has 6 heteroatoms. The summed E-state index contributed by atoms with van der Waals surface area (Å²) in [4.78, 5) is -0.0161. The summed E-state index contributed by atoms with van der Waals surface area (Å²) in [5.74, 6) is 0. The third-order valence-corrected chi connectivity index (χ3v) is 5.02. The zero-order valence-electron chi connectivity index (χ0n) is 11.5. The fourth-order valence-electron chi connectivity index (χ4n) is 2.09. The highest BCUT2D eigenvalue weighted by atomic mass is 32.2. The van der Waals surface area contributed by atoms with Gasteiger partial charge < -0.3 is 5.73 Å². The predicted molar refractivity (Wildman–Crippen MR) is 82.2 cm³/mol. The Labute approximate surface area is 124 Å². The third-order valence-electron chi connectivity index (χ3n) is 3.07. The van der Waals surface area contributed by atoms with Crippen LogP contribution in [0.25, 0.3) is 0 Å². The van der Waals surface area contributed by atoms with Crippen molar-refractivity contribution in [2.75, 3.05) is 16.6 Å². The van der Waals surface area contributed by atoms with Crippen LogP contribution in [-0.4, -0.2) is 15.0 Å². The Morgan fingerprint density at radius 1 is 1.14 bits per heavy atom. The van der Waals surface area contributed by atoms with Gasteiger partial charge in [0.25, 0.3) is 10.0 Å². The van der Waals surface area contributed by atoms with E-state index in [9.17, 15) is 8.42 Å². The van der Waals surface area contributed by atoms with Crippen LogP contribution in [0.1, 0.15) is 12.5 Å². The summed E-state index contributed by atoms with van der Waals surface area (Å²) in [5, 5.41) is 9.10. The minimum Gasteiger partial charge on any atom is -0.397 e. The van der Waals surface area contributed by atoms with Crippen molar-refractivity contribution in [3.63, 3.8) is 0 Å². The standard InChI is InChI=1S/C15H15N3O2S/c1-2-18(14-9-5-4-8-13(14)17)21(19,20)15-10-6-3-7-12(15)11-16/h3-10H,2,17H2,1H3. The highest BCUT2D eigenvalue weighted by Gasteiger charge is 2.27. The van der Waals surface area contributed by atoms with Crippen molar-refractivity contribution in [3.8, 4) is 6.07 Å². The first-order valence-corrected chi connectivity index (χ1v) is 7.82. The molecule has 0 aliphatic rings. The van der Waals surface area contributed by atoms with E-state index in [0.29, 0.717) is 11.4 Å². The summed E-state index contributed by atoms with van der Waals surface area (Å²) in [7, 11) is -3.84. The maximum absolute atomic E-state index is 12.8. The van der Waals surface area contributed by atoms with Crippen LogP contribution in [0, 0.1) is 11.3 Å². The summed E-state index contributed by atoms with van der Waals surface area (Å²) in [6, 6.07) is 14.8. The Morgan fingerprint density at radius 3 is 2.38 bits per heavy atom. The monoisotopic (exact) mass is 301 g/mol. The first kappa shape index (κ1) is 14.9. The molecule has 0 heterocycles. The van der Waals surface area contributed by atoms with Gasteiger partial charge in [-0.25, -0.2) is 8.42 Å². The van der Waals surface area contributed by atoms with Gasteiger partial charge in [-0.05, 0) is 31.2 Å². The number of nitrogens with zero attached hydrogens (tertiary/aromatic N) is 2. The highest BCUT2D eigenvalue weighted by molar-refractivity contribution is 7.93. The van der Waals surface area contributed by atoms with E-state index in [-0.39, 0.29) is 17.0 Å². The van der Waals surface area contributed by atoms with Gasteiger partial charge in [0, 0.05) is 6.54 Å². The molecule has 108 valence electrons. The number of benzene rings is 2. The van der Waals surface area contributed by atoms with E-state index in [2.05, 4.69) is 0 Å². The van der Waals surface area contributed by atoms with Gasteiger partial charge in [-0.1, -0.05) is 24.3 Å². The van der Waals surface area contributed by atoms with Crippen molar-refractivity contribution >= 4 is 21.4 Å². The van der Waals surface area contributed by atoms with Gasteiger partial charge in [-0.15, -0.1) is 0 Å². The lowest BCUT2D eigenvalue weighted by atomic mass is 10.2. The largest absolute Gasteiger partial charge is 0.397 e. The van der Waals surface area contributed by atoms with Crippen LogP contribution in [0.5, 0.6) is 0 Å². The average Bonchev–Trinajstić information content (AvgIpc) is 2.49. The maximum atomic E-state index is 12.8. The molecule has 0 saturated carbocycles. The molecular weight excluding hydrogens is 286 g/mol. The number of para-hydroxylation sites is 2. The number of rotatable bonds is 4. The van der Waals surface area contributed by atoms with Crippen molar-refractivity contribution in [1.29, 1.82) is 5.26 Å². The Bertz CT molecular complexity index is 795. The lowest BCUT2D eigenvalue weighted by Gasteiger charge is -2.24. The van der Waals surface area contributed by atoms with Gasteiger partial charge in [0.1, 0.15) is 11.0 Å². The second-order valence-corrected chi connectivity index (χ2v) is 6.17. The normalized spacial score (nSPS) is 10.9. The van der Waals surface area contributed by atoms with Crippen LogP contribution in [-0.2, 0) is 10.0 Å². The van der Waals surface area contributed by atoms with Crippen molar-refractivity contribution in [2.24, 2.45) is 0 Å². The van der Waals surface area contributed by atoms with Crippen molar-refractivity contribution in [1.82, 2.24) is 0 Å². The average molecular weight is 301 g/mol. The predicted octanol–water partition coefficient (Wildman–Crippen LogP) is 2.36. The molecule has 0 aromatic heterocycles. The van der Waals surface area contributed by atoms with Crippen LogP contribution >= 0.6 is 0 Å². The van der Waals surface area contributed by atoms with Gasteiger partial charge in [0.15, 0.2) is 0 Å². The first-order chi connectivity index (χ1) is 10.0. The van der Waals surface area contributed by atoms with Gasteiger partial charge in [-0.2, -0.15) is 5.26 Å². The van der Waals surface area contributed by atoms with Gasteiger partial charge >= 0.3 is 0 Å². The van der Waals surface area contributed by atoms with E-state index in [1.54, 1.807) is 43.3 Å². The maximum Gasteiger partial charge on any atom is 0.265 e. The number of nitriles is 1. The van der Waals surface area contributed by atoms with E-state index < -0.39 is 10.0 Å². The lowest BCUT2D eigenvalue weighted by Crippen LogP contribution is -2.31. The molecule has 0 aliphatic heterocycles. The molecule has 0 unspecified atom stereocenters. The SMILES string of the molecule is CCN(c1ccccc1N)S(=O)(=O)c1ccccc1C#N. The molecule has 2 aromatic rings. The smallest absolute Gasteiger partial charge is 0.265 e. The first-order valence-electron chi connectivity index (χ1n) is 6.38. The molecule has 21 heavy (non-hydrogen) atoms. The zero-order valence-corrected chi connectivity index (χ0v) is 12.3. The summed E-state index contributed by atoms with van der Waals surface area (Å²) in [6.07, 6.45) is 0. The highest BCUT2D eigenvalue weighted by Crippen LogP contribution is 2.29. The molecule has 0 bridgehead atoms. The van der Waals surface area contributed by atoms with E-state index in [4.69, 9.17) is 11.0 Å². The molecule has 0 saturated heterocycles. The number of nitrogen functional groups attached to an aromatic ring is 1. The van der Waals surface area contributed by atoms with E-state index in [0.717, 1.165) is 0 Å². The van der Waals surface area contributed by atoms with Crippen LogP contribution < -0.4 is 10.0 Å².